The number of methoxy groups -OCH3 is 1. The number of anilines is 1. The molecule has 0 aromatic heterocycles. The van der Waals surface area contributed by atoms with Crippen LogP contribution in [-0.2, 0) is 9.59 Å². The molecule has 0 unspecified atom stereocenters. The maximum atomic E-state index is 12.5. The van der Waals surface area contributed by atoms with Crippen LogP contribution < -0.4 is 15.0 Å². The molecule has 2 aliphatic rings. The summed E-state index contributed by atoms with van der Waals surface area (Å²) in [6, 6.07) is 5.42. The number of nitrogens with one attached hydrogen (secondary N) is 1. The van der Waals surface area contributed by atoms with Crippen molar-refractivity contribution >= 4 is 29.1 Å². The van der Waals surface area contributed by atoms with Crippen molar-refractivity contribution in [1.29, 1.82) is 0 Å². The van der Waals surface area contributed by atoms with Gasteiger partial charge in [0.25, 0.3) is 0 Å². The third-order valence-corrected chi connectivity index (χ3v) is 5.11. The Morgan fingerprint density at radius 2 is 2.04 bits per heavy atom. The summed E-state index contributed by atoms with van der Waals surface area (Å²) >= 11 is 6.05. The van der Waals surface area contributed by atoms with Gasteiger partial charge in [0.05, 0.1) is 18.7 Å². The summed E-state index contributed by atoms with van der Waals surface area (Å²) in [5, 5.41) is 3.65. The van der Waals surface area contributed by atoms with Crippen molar-refractivity contribution in [2.45, 2.75) is 44.6 Å². The van der Waals surface area contributed by atoms with Crippen molar-refractivity contribution in [2.24, 2.45) is 5.92 Å². The van der Waals surface area contributed by atoms with E-state index in [-0.39, 0.29) is 30.2 Å². The average Bonchev–Trinajstić information content (AvgIpc) is 2.97. The van der Waals surface area contributed by atoms with Crippen molar-refractivity contribution < 1.29 is 14.3 Å². The minimum Gasteiger partial charge on any atom is -0.495 e. The number of benzene rings is 1. The van der Waals surface area contributed by atoms with Gasteiger partial charge in [0.1, 0.15) is 5.75 Å². The number of nitrogens with zero attached hydrogens (tertiary/aromatic N) is 1. The van der Waals surface area contributed by atoms with E-state index in [4.69, 9.17) is 16.3 Å². The average molecular weight is 351 g/mol. The molecule has 5 nitrogen and oxygen atoms in total. The highest BCUT2D eigenvalue weighted by molar-refractivity contribution is 6.31. The Kier molecular flexibility index (Phi) is 5.29. The summed E-state index contributed by atoms with van der Waals surface area (Å²) in [4.78, 5) is 26.5. The number of amides is 2. The Bertz CT molecular complexity index is 629. The molecule has 1 aromatic carbocycles. The van der Waals surface area contributed by atoms with E-state index in [1.807, 2.05) is 0 Å². The van der Waals surface area contributed by atoms with E-state index in [0.717, 1.165) is 12.8 Å². The van der Waals surface area contributed by atoms with Crippen LogP contribution in [0.4, 0.5) is 5.69 Å². The van der Waals surface area contributed by atoms with Crippen LogP contribution in [0.5, 0.6) is 5.75 Å². The lowest BCUT2D eigenvalue weighted by Crippen LogP contribution is -2.40. The first-order chi connectivity index (χ1) is 11.6. The number of ether oxygens (including phenoxy) is 1. The van der Waals surface area contributed by atoms with Gasteiger partial charge in [-0.25, -0.2) is 0 Å². The highest BCUT2D eigenvalue weighted by Crippen LogP contribution is 2.35. The predicted molar refractivity (Wildman–Crippen MR) is 93.5 cm³/mol. The predicted octanol–water partition coefficient (Wildman–Crippen LogP) is 3.15. The van der Waals surface area contributed by atoms with Crippen molar-refractivity contribution in [2.75, 3.05) is 18.6 Å². The van der Waals surface area contributed by atoms with Gasteiger partial charge < -0.3 is 15.0 Å². The molecule has 0 spiro atoms. The van der Waals surface area contributed by atoms with Crippen LogP contribution in [0.25, 0.3) is 0 Å². The van der Waals surface area contributed by atoms with E-state index in [0.29, 0.717) is 23.0 Å². The first-order valence-corrected chi connectivity index (χ1v) is 8.90. The summed E-state index contributed by atoms with van der Waals surface area (Å²) in [7, 11) is 1.56. The van der Waals surface area contributed by atoms with E-state index >= 15 is 0 Å². The second-order valence-corrected chi connectivity index (χ2v) is 7.00. The van der Waals surface area contributed by atoms with E-state index in [2.05, 4.69) is 5.32 Å². The maximum Gasteiger partial charge on any atom is 0.227 e. The minimum absolute atomic E-state index is 0.0151. The zero-order valence-electron chi connectivity index (χ0n) is 13.9. The van der Waals surface area contributed by atoms with E-state index in [1.165, 1.54) is 19.3 Å². The second kappa shape index (κ2) is 7.43. The van der Waals surface area contributed by atoms with Crippen molar-refractivity contribution in [3.8, 4) is 5.75 Å². The molecule has 0 radical (unpaired) electrons. The van der Waals surface area contributed by atoms with Gasteiger partial charge in [0.2, 0.25) is 11.8 Å². The first-order valence-electron chi connectivity index (χ1n) is 8.52. The Labute approximate surface area is 147 Å². The molecule has 2 amide bonds. The standard InChI is InChI=1S/C18H23ClN2O3/c1-24-16-8-7-13(19)10-15(16)21-11-12(9-17(21)22)18(23)20-14-5-3-2-4-6-14/h7-8,10,12,14H,2-6,9,11H2,1H3,(H,20,23)/t12-/m0/s1. The molecule has 2 fully saturated rings. The van der Waals surface area contributed by atoms with Gasteiger partial charge in [-0.3, -0.25) is 9.59 Å². The van der Waals surface area contributed by atoms with E-state index < -0.39 is 0 Å². The lowest BCUT2D eigenvalue weighted by molar-refractivity contribution is -0.127. The fraction of sp³-hybridized carbons (Fsp3) is 0.556. The minimum atomic E-state index is -0.317. The number of hydrogen-bond acceptors (Lipinski definition) is 3. The molecule has 1 aliphatic carbocycles. The van der Waals surface area contributed by atoms with Crippen molar-refractivity contribution in [1.82, 2.24) is 5.32 Å². The van der Waals surface area contributed by atoms with Crippen LogP contribution in [-0.4, -0.2) is 31.5 Å². The summed E-state index contributed by atoms with van der Waals surface area (Å²) in [5.41, 5.74) is 0.628. The smallest absolute Gasteiger partial charge is 0.227 e. The summed E-state index contributed by atoms with van der Waals surface area (Å²) in [6.07, 6.45) is 5.89. The van der Waals surface area contributed by atoms with Crippen LogP contribution in [0.3, 0.4) is 0 Å². The third-order valence-electron chi connectivity index (χ3n) is 4.88. The van der Waals surface area contributed by atoms with Crippen LogP contribution >= 0.6 is 11.6 Å². The summed E-state index contributed by atoms with van der Waals surface area (Å²) in [6.45, 7) is 0.369. The van der Waals surface area contributed by atoms with Gasteiger partial charge in [-0.1, -0.05) is 30.9 Å². The zero-order valence-corrected chi connectivity index (χ0v) is 14.6. The van der Waals surface area contributed by atoms with Gasteiger partial charge in [0, 0.05) is 24.0 Å². The van der Waals surface area contributed by atoms with Gasteiger partial charge in [-0.05, 0) is 31.0 Å². The number of carbonyl (C=O) groups is 2. The molecular weight excluding hydrogens is 328 g/mol. The zero-order chi connectivity index (χ0) is 17.1. The van der Waals surface area contributed by atoms with Crippen molar-refractivity contribution in [3.63, 3.8) is 0 Å². The van der Waals surface area contributed by atoms with Crippen LogP contribution in [0.2, 0.25) is 5.02 Å². The van der Waals surface area contributed by atoms with Crippen LogP contribution in [0.15, 0.2) is 18.2 Å². The molecule has 24 heavy (non-hydrogen) atoms. The lowest BCUT2D eigenvalue weighted by atomic mass is 9.95. The topological polar surface area (TPSA) is 58.6 Å². The highest BCUT2D eigenvalue weighted by atomic mass is 35.5. The van der Waals surface area contributed by atoms with Crippen LogP contribution in [0, 0.1) is 5.92 Å². The highest BCUT2D eigenvalue weighted by Gasteiger charge is 2.37. The lowest BCUT2D eigenvalue weighted by Gasteiger charge is -2.24. The molecule has 1 saturated heterocycles. The monoisotopic (exact) mass is 350 g/mol. The number of carbonyl (C=O) groups excluding carboxylic acids is 2. The summed E-state index contributed by atoms with van der Waals surface area (Å²) < 4.78 is 5.33. The molecule has 6 heteroatoms. The molecule has 1 saturated carbocycles. The maximum absolute atomic E-state index is 12.5. The Morgan fingerprint density at radius 3 is 2.75 bits per heavy atom. The molecular formula is C18H23ClN2O3. The van der Waals surface area contributed by atoms with Crippen LogP contribution in [0.1, 0.15) is 38.5 Å². The quantitative estimate of drug-likeness (QED) is 0.907. The van der Waals surface area contributed by atoms with Gasteiger partial charge >= 0.3 is 0 Å². The second-order valence-electron chi connectivity index (χ2n) is 6.57. The number of halogens is 1. The number of hydrogen-bond donors (Lipinski definition) is 1. The largest absolute Gasteiger partial charge is 0.495 e. The Morgan fingerprint density at radius 1 is 1.29 bits per heavy atom. The number of rotatable bonds is 4. The van der Waals surface area contributed by atoms with Gasteiger partial charge in [-0.2, -0.15) is 0 Å². The summed E-state index contributed by atoms with van der Waals surface area (Å²) in [5.74, 6) is 0.183. The SMILES string of the molecule is COc1ccc(Cl)cc1N1C[C@@H](C(=O)NC2CCCCC2)CC1=O. The normalized spacial score (nSPS) is 21.8. The first kappa shape index (κ1) is 17.1. The van der Waals surface area contributed by atoms with Gasteiger partial charge in [0.15, 0.2) is 0 Å². The van der Waals surface area contributed by atoms with E-state index in [1.54, 1.807) is 30.2 Å². The molecule has 1 heterocycles. The molecule has 130 valence electrons. The fourth-order valence-corrected chi connectivity index (χ4v) is 3.72. The molecule has 1 aromatic rings. The third kappa shape index (κ3) is 3.66. The van der Waals surface area contributed by atoms with Gasteiger partial charge in [-0.15, -0.1) is 0 Å². The fourth-order valence-electron chi connectivity index (χ4n) is 3.56. The molecule has 1 aliphatic heterocycles. The van der Waals surface area contributed by atoms with Crippen molar-refractivity contribution in [3.05, 3.63) is 23.2 Å². The van der Waals surface area contributed by atoms with E-state index in [9.17, 15) is 9.59 Å². The Balaban J connectivity index is 1.69. The molecule has 3 rings (SSSR count). The molecule has 1 N–H and O–H groups in total. The Hall–Kier alpha value is -1.75. The molecule has 1 atom stereocenters. The molecule has 0 bridgehead atoms.